The Morgan fingerprint density at radius 2 is 1.44 bits per heavy atom. The molecule has 0 atom stereocenters. The Morgan fingerprint density at radius 3 is 2.07 bits per heavy atom. The number of hydrogen-bond donors (Lipinski definition) is 2. The van der Waals surface area contributed by atoms with Crippen molar-refractivity contribution >= 4 is 22.7 Å². The largest absolute Gasteiger partial charge is 0.473 e. The average molecular weight is 555 g/mol. The summed E-state index contributed by atoms with van der Waals surface area (Å²) in [5.74, 6) is 1.30. The quantitative estimate of drug-likeness (QED) is 0.154. The lowest BCUT2D eigenvalue weighted by atomic mass is 9.95. The van der Waals surface area contributed by atoms with Gasteiger partial charge in [-0.3, -0.25) is 0 Å². The van der Waals surface area contributed by atoms with Crippen molar-refractivity contribution in [3.63, 3.8) is 0 Å². The maximum atomic E-state index is 6.42. The summed E-state index contributed by atoms with van der Waals surface area (Å²) >= 11 is 0. The molecule has 5 rings (SSSR count). The normalized spacial score (nSPS) is 13.8. The average Bonchev–Trinajstić information content (AvgIpc) is 3.03. The van der Waals surface area contributed by atoms with Crippen LogP contribution in [0.3, 0.4) is 0 Å². The number of nitrogens with zero attached hydrogens (tertiary/aromatic N) is 2. The van der Waals surface area contributed by atoms with Crippen LogP contribution in [0.25, 0.3) is 0 Å². The third-order valence-corrected chi connectivity index (χ3v) is 7.34. The van der Waals surface area contributed by atoms with Crippen LogP contribution in [0.4, 0.5) is 22.7 Å². The number of ether oxygens (including phenoxy) is 4. The van der Waals surface area contributed by atoms with E-state index in [0.29, 0.717) is 42.3 Å². The van der Waals surface area contributed by atoms with Gasteiger partial charge in [-0.1, -0.05) is 60.7 Å². The second kappa shape index (κ2) is 13.9. The molecule has 3 aromatic carbocycles. The summed E-state index contributed by atoms with van der Waals surface area (Å²) < 4.78 is 23.2. The minimum absolute atomic E-state index is 0.165. The fourth-order valence-electron chi connectivity index (χ4n) is 5.07. The molecule has 1 aliphatic rings. The zero-order valence-electron chi connectivity index (χ0n) is 23.7. The van der Waals surface area contributed by atoms with Gasteiger partial charge < -0.3 is 34.9 Å². The zero-order valence-corrected chi connectivity index (χ0v) is 23.7. The van der Waals surface area contributed by atoms with E-state index in [0.717, 1.165) is 48.4 Å². The Hall–Kier alpha value is -4.27. The summed E-state index contributed by atoms with van der Waals surface area (Å²) in [7, 11) is 3.40. The van der Waals surface area contributed by atoms with Crippen LogP contribution >= 0.6 is 0 Å². The van der Waals surface area contributed by atoms with Gasteiger partial charge in [-0.05, 0) is 48.2 Å². The number of rotatable bonds is 12. The molecule has 41 heavy (non-hydrogen) atoms. The molecule has 0 radical (unpaired) electrons. The predicted molar refractivity (Wildman–Crippen MR) is 163 cm³/mol. The molecule has 3 N–H and O–H groups in total. The zero-order chi connectivity index (χ0) is 28.4. The highest BCUT2D eigenvalue weighted by atomic mass is 16.7. The minimum atomic E-state index is -0.165. The maximum Gasteiger partial charge on any atom is 0.241 e. The molecule has 0 bridgehead atoms. The lowest BCUT2D eigenvalue weighted by molar-refractivity contribution is -0.141. The van der Waals surface area contributed by atoms with Crippen molar-refractivity contribution < 1.29 is 18.9 Å². The van der Waals surface area contributed by atoms with Gasteiger partial charge in [-0.2, -0.15) is 4.98 Å². The van der Waals surface area contributed by atoms with Gasteiger partial charge in [0.25, 0.3) is 0 Å². The SMILES string of the molecule is COC(OC)C1CCN(c2ccc(N)c(Nc3ccc(OCc4ccccc4)nc3OCc3ccccc3)c2)CC1. The molecule has 8 heteroatoms. The summed E-state index contributed by atoms with van der Waals surface area (Å²) in [6, 6.07) is 29.9. The van der Waals surface area contributed by atoms with Crippen LogP contribution in [0.1, 0.15) is 24.0 Å². The van der Waals surface area contributed by atoms with Crippen LogP contribution < -0.4 is 25.4 Å². The standard InChI is InChI=1S/C33H38N4O4/c1-38-33(39-2)26-17-19-37(20-18-26)27-13-14-28(34)30(21-27)35-29-15-16-31(40-22-24-9-5-3-6-10-24)36-32(29)41-23-25-11-7-4-8-12-25/h3-16,21,26,33,35H,17-20,22-23,34H2,1-2H3. The Morgan fingerprint density at radius 1 is 0.805 bits per heavy atom. The van der Waals surface area contributed by atoms with E-state index in [4.69, 9.17) is 29.7 Å². The van der Waals surface area contributed by atoms with E-state index in [2.05, 4.69) is 22.3 Å². The van der Waals surface area contributed by atoms with Crippen LogP contribution in [0.5, 0.6) is 11.8 Å². The number of nitrogens with one attached hydrogen (secondary N) is 1. The highest BCUT2D eigenvalue weighted by Gasteiger charge is 2.27. The van der Waals surface area contributed by atoms with E-state index < -0.39 is 0 Å². The molecule has 0 unspecified atom stereocenters. The summed E-state index contributed by atoms with van der Waals surface area (Å²) in [4.78, 5) is 7.07. The van der Waals surface area contributed by atoms with Gasteiger partial charge in [0.1, 0.15) is 18.9 Å². The highest BCUT2D eigenvalue weighted by molar-refractivity contribution is 5.78. The maximum absolute atomic E-state index is 6.42. The fourth-order valence-corrected chi connectivity index (χ4v) is 5.07. The first-order chi connectivity index (χ1) is 20.1. The molecule has 0 aliphatic carbocycles. The molecule has 1 aliphatic heterocycles. The van der Waals surface area contributed by atoms with E-state index in [1.165, 1.54) is 0 Å². The molecular formula is C33H38N4O4. The predicted octanol–water partition coefficient (Wildman–Crippen LogP) is 6.40. The molecule has 0 spiro atoms. The first-order valence-electron chi connectivity index (χ1n) is 13.9. The lowest BCUT2D eigenvalue weighted by Crippen LogP contribution is -2.39. The highest BCUT2D eigenvalue weighted by Crippen LogP contribution is 2.35. The number of hydrogen-bond acceptors (Lipinski definition) is 8. The molecule has 1 saturated heterocycles. The summed E-state index contributed by atoms with van der Waals surface area (Å²) in [6.07, 6.45) is 1.82. The molecule has 0 saturated carbocycles. The van der Waals surface area contributed by atoms with E-state index in [9.17, 15) is 0 Å². The smallest absolute Gasteiger partial charge is 0.241 e. The number of anilines is 4. The van der Waals surface area contributed by atoms with Crippen molar-refractivity contribution in [2.75, 3.05) is 43.3 Å². The van der Waals surface area contributed by atoms with Crippen LogP contribution in [-0.2, 0) is 22.7 Å². The third-order valence-electron chi connectivity index (χ3n) is 7.34. The van der Waals surface area contributed by atoms with Crippen LogP contribution in [-0.4, -0.2) is 38.6 Å². The Bertz CT molecular complexity index is 1370. The molecule has 1 fully saturated rings. The van der Waals surface area contributed by atoms with Gasteiger partial charge in [0, 0.05) is 45.0 Å². The van der Waals surface area contributed by atoms with Crippen molar-refractivity contribution in [2.24, 2.45) is 5.92 Å². The van der Waals surface area contributed by atoms with E-state index in [-0.39, 0.29) is 6.29 Å². The summed E-state index contributed by atoms with van der Waals surface area (Å²) in [5, 5.41) is 3.47. The Kier molecular flexibility index (Phi) is 9.57. The number of piperidine rings is 1. The van der Waals surface area contributed by atoms with E-state index >= 15 is 0 Å². The molecule has 214 valence electrons. The van der Waals surface area contributed by atoms with Crippen molar-refractivity contribution in [3.8, 4) is 11.8 Å². The number of aromatic nitrogens is 1. The van der Waals surface area contributed by atoms with Crippen LogP contribution in [0.15, 0.2) is 91.0 Å². The Balaban J connectivity index is 1.33. The van der Waals surface area contributed by atoms with Gasteiger partial charge in [0.05, 0.1) is 11.4 Å². The van der Waals surface area contributed by atoms with Gasteiger partial charge in [-0.25, -0.2) is 0 Å². The topological polar surface area (TPSA) is 91.1 Å². The van der Waals surface area contributed by atoms with Crippen molar-refractivity contribution in [3.05, 3.63) is 102 Å². The van der Waals surface area contributed by atoms with Gasteiger partial charge in [0.2, 0.25) is 11.8 Å². The van der Waals surface area contributed by atoms with Crippen molar-refractivity contribution in [2.45, 2.75) is 32.3 Å². The minimum Gasteiger partial charge on any atom is -0.473 e. The van der Waals surface area contributed by atoms with Crippen molar-refractivity contribution in [1.82, 2.24) is 4.98 Å². The number of nitrogens with two attached hydrogens (primary N) is 1. The summed E-state index contributed by atoms with van der Waals surface area (Å²) in [6.45, 7) is 2.62. The number of methoxy groups -OCH3 is 2. The fraction of sp³-hybridized carbons (Fsp3) is 0.303. The van der Waals surface area contributed by atoms with Crippen molar-refractivity contribution in [1.29, 1.82) is 0 Å². The van der Waals surface area contributed by atoms with Gasteiger partial charge >= 0.3 is 0 Å². The van der Waals surface area contributed by atoms with E-state index in [1.54, 1.807) is 14.2 Å². The van der Waals surface area contributed by atoms with Gasteiger partial charge in [0.15, 0.2) is 6.29 Å². The van der Waals surface area contributed by atoms with Crippen LogP contribution in [0.2, 0.25) is 0 Å². The first-order valence-corrected chi connectivity index (χ1v) is 13.9. The molecule has 4 aromatic rings. The second-order valence-corrected chi connectivity index (χ2v) is 10.1. The monoisotopic (exact) mass is 554 g/mol. The van der Waals surface area contributed by atoms with Crippen LogP contribution in [0, 0.1) is 5.92 Å². The summed E-state index contributed by atoms with van der Waals surface area (Å²) in [5.41, 5.74) is 11.8. The molecular weight excluding hydrogens is 516 g/mol. The molecule has 0 amide bonds. The lowest BCUT2D eigenvalue weighted by Gasteiger charge is -2.36. The third kappa shape index (κ3) is 7.48. The number of benzene rings is 3. The van der Waals surface area contributed by atoms with Gasteiger partial charge in [-0.15, -0.1) is 0 Å². The second-order valence-electron chi connectivity index (χ2n) is 10.1. The first kappa shape index (κ1) is 28.3. The number of nitrogen functional groups attached to an aromatic ring is 1. The molecule has 8 nitrogen and oxygen atoms in total. The molecule has 2 heterocycles. The van der Waals surface area contributed by atoms with E-state index in [1.807, 2.05) is 78.9 Å². The molecule has 1 aromatic heterocycles. The number of pyridine rings is 1. The Labute approximate surface area is 242 Å².